The fourth-order valence-electron chi connectivity index (χ4n) is 3.52. The summed E-state index contributed by atoms with van der Waals surface area (Å²) >= 11 is 1.52. The third-order valence-electron chi connectivity index (χ3n) is 5.15. The van der Waals surface area contributed by atoms with Crippen LogP contribution in [0.3, 0.4) is 0 Å². The molecule has 0 fully saturated rings. The Bertz CT molecular complexity index is 1380. The van der Waals surface area contributed by atoms with E-state index in [-0.39, 0.29) is 5.91 Å². The third kappa shape index (κ3) is 3.88. The number of nitrogens with zero attached hydrogens (tertiary/aromatic N) is 5. The van der Waals surface area contributed by atoms with E-state index in [0.717, 1.165) is 32.9 Å². The highest BCUT2D eigenvalue weighted by atomic mass is 32.1. The normalized spacial score (nSPS) is 11.0. The summed E-state index contributed by atoms with van der Waals surface area (Å²) in [4.78, 5) is 26.6. The summed E-state index contributed by atoms with van der Waals surface area (Å²) in [6, 6.07) is 15.5. The highest BCUT2D eigenvalue weighted by Crippen LogP contribution is 2.25. The first kappa shape index (κ1) is 20.0. The molecule has 0 saturated carbocycles. The van der Waals surface area contributed by atoms with Crippen LogP contribution in [0.1, 0.15) is 22.3 Å². The summed E-state index contributed by atoms with van der Waals surface area (Å²) in [5, 5.41) is 11.0. The number of thiazole rings is 1. The third-order valence-corrected chi connectivity index (χ3v) is 6.00. The van der Waals surface area contributed by atoms with Crippen LogP contribution in [0.2, 0.25) is 0 Å². The van der Waals surface area contributed by atoms with Gasteiger partial charge in [0.2, 0.25) is 0 Å². The SMILES string of the molecule is CCn1ncc2c(C(=O)NCc3nc(-c4ccncc4)cs3)cc(-c3ccccc3)nc21. The van der Waals surface area contributed by atoms with Crippen LogP contribution in [0.25, 0.3) is 33.5 Å². The van der Waals surface area contributed by atoms with Crippen molar-refractivity contribution >= 4 is 28.3 Å². The van der Waals surface area contributed by atoms with Crippen molar-refractivity contribution in [2.75, 3.05) is 0 Å². The van der Waals surface area contributed by atoms with Gasteiger partial charge in [-0.25, -0.2) is 14.6 Å². The number of aryl methyl sites for hydroxylation is 1. The topological polar surface area (TPSA) is 85.6 Å². The quantitative estimate of drug-likeness (QED) is 0.418. The van der Waals surface area contributed by atoms with Crippen LogP contribution in [0, 0.1) is 0 Å². The van der Waals surface area contributed by atoms with Crippen LogP contribution < -0.4 is 5.32 Å². The van der Waals surface area contributed by atoms with E-state index in [1.54, 1.807) is 23.3 Å². The van der Waals surface area contributed by atoms with Gasteiger partial charge in [-0.1, -0.05) is 30.3 Å². The molecule has 4 aromatic heterocycles. The van der Waals surface area contributed by atoms with E-state index in [1.165, 1.54) is 11.3 Å². The number of benzene rings is 1. The van der Waals surface area contributed by atoms with Gasteiger partial charge in [0.25, 0.3) is 5.91 Å². The largest absolute Gasteiger partial charge is 0.346 e. The number of fused-ring (bicyclic) bond motifs is 1. The standard InChI is InChI=1S/C24H20N6OS/c1-2-30-23-19(13-27-30)18(12-20(29-23)16-6-4-3-5-7-16)24(31)26-14-22-28-21(15-32-22)17-8-10-25-11-9-17/h3-13,15H,2,14H2,1H3,(H,26,31). The average Bonchev–Trinajstić information content (AvgIpc) is 3.50. The molecule has 4 heterocycles. The minimum Gasteiger partial charge on any atom is -0.346 e. The lowest BCUT2D eigenvalue weighted by Gasteiger charge is -2.09. The zero-order valence-corrected chi connectivity index (χ0v) is 18.2. The monoisotopic (exact) mass is 440 g/mol. The molecule has 0 spiro atoms. The van der Waals surface area contributed by atoms with Crippen molar-refractivity contribution in [3.63, 3.8) is 0 Å². The van der Waals surface area contributed by atoms with Crippen molar-refractivity contribution < 1.29 is 4.79 Å². The molecule has 7 nitrogen and oxygen atoms in total. The Labute approximate surface area is 188 Å². The summed E-state index contributed by atoms with van der Waals surface area (Å²) < 4.78 is 1.81. The first-order valence-electron chi connectivity index (χ1n) is 10.3. The highest BCUT2D eigenvalue weighted by molar-refractivity contribution is 7.09. The lowest BCUT2D eigenvalue weighted by atomic mass is 10.1. The molecule has 0 aliphatic heterocycles. The van der Waals surface area contributed by atoms with Gasteiger partial charge in [0.15, 0.2) is 5.65 Å². The molecule has 0 aliphatic rings. The first-order chi connectivity index (χ1) is 15.7. The van der Waals surface area contributed by atoms with E-state index in [2.05, 4.69) is 20.4 Å². The molecule has 0 radical (unpaired) electrons. The van der Waals surface area contributed by atoms with Gasteiger partial charge in [0.1, 0.15) is 5.01 Å². The number of carbonyl (C=O) groups excluding carboxylic acids is 1. The molecule has 0 unspecified atom stereocenters. The molecule has 0 atom stereocenters. The Hall–Kier alpha value is -3.91. The molecule has 0 bridgehead atoms. The molecular weight excluding hydrogens is 420 g/mol. The average molecular weight is 441 g/mol. The number of carbonyl (C=O) groups is 1. The van der Waals surface area contributed by atoms with Crippen LogP contribution in [0.5, 0.6) is 0 Å². The number of amides is 1. The minimum atomic E-state index is -0.175. The van der Waals surface area contributed by atoms with Gasteiger partial charge in [-0.3, -0.25) is 9.78 Å². The van der Waals surface area contributed by atoms with E-state index >= 15 is 0 Å². The van der Waals surface area contributed by atoms with Crippen LogP contribution in [0.15, 0.2) is 72.5 Å². The summed E-state index contributed by atoms with van der Waals surface area (Å²) in [6.07, 6.45) is 5.19. The highest BCUT2D eigenvalue weighted by Gasteiger charge is 2.17. The molecule has 0 saturated heterocycles. The van der Waals surface area contributed by atoms with E-state index in [1.807, 2.05) is 60.8 Å². The Morgan fingerprint density at radius 2 is 1.81 bits per heavy atom. The maximum atomic E-state index is 13.2. The lowest BCUT2D eigenvalue weighted by molar-refractivity contribution is 0.0952. The van der Waals surface area contributed by atoms with Crippen molar-refractivity contribution in [2.24, 2.45) is 0 Å². The van der Waals surface area contributed by atoms with Gasteiger partial charge < -0.3 is 5.32 Å². The van der Waals surface area contributed by atoms with Crippen molar-refractivity contribution in [3.8, 4) is 22.5 Å². The maximum absolute atomic E-state index is 13.2. The number of rotatable bonds is 6. The van der Waals surface area contributed by atoms with Crippen LogP contribution in [-0.2, 0) is 13.1 Å². The molecule has 5 aromatic rings. The van der Waals surface area contributed by atoms with Crippen molar-refractivity contribution in [2.45, 2.75) is 20.0 Å². The number of aromatic nitrogens is 5. The molecule has 32 heavy (non-hydrogen) atoms. The molecular formula is C24H20N6OS. The van der Waals surface area contributed by atoms with Gasteiger partial charge in [0.05, 0.1) is 35.1 Å². The predicted octanol–water partition coefficient (Wildman–Crippen LogP) is 4.57. The predicted molar refractivity (Wildman–Crippen MR) is 125 cm³/mol. The zero-order valence-electron chi connectivity index (χ0n) is 17.4. The van der Waals surface area contributed by atoms with E-state index in [4.69, 9.17) is 4.98 Å². The second-order valence-electron chi connectivity index (χ2n) is 7.16. The number of hydrogen-bond donors (Lipinski definition) is 1. The van der Waals surface area contributed by atoms with E-state index in [0.29, 0.717) is 24.3 Å². The molecule has 0 aliphatic carbocycles. The molecule has 5 rings (SSSR count). The zero-order chi connectivity index (χ0) is 21.9. The molecule has 1 amide bonds. The summed E-state index contributed by atoms with van der Waals surface area (Å²) in [5.41, 5.74) is 4.84. The Balaban J connectivity index is 1.43. The summed E-state index contributed by atoms with van der Waals surface area (Å²) in [6.45, 7) is 3.03. The van der Waals surface area contributed by atoms with E-state index < -0.39 is 0 Å². The van der Waals surface area contributed by atoms with E-state index in [9.17, 15) is 4.79 Å². The fourth-order valence-corrected chi connectivity index (χ4v) is 4.27. The summed E-state index contributed by atoms with van der Waals surface area (Å²) in [5.74, 6) is -0.175. The van der Waals surface area contributed by atoms with Gasteiger partial charge >= 0.3 is 0 Å². The Morgan fingerprint density at radius 3 is 2.59 bits per heavy atom. The maximum Gasteiger partial charge on any atom is 0.252 e. The number of nitrogens with one attached hydrogen (secondary N) is 1. The fraction of sp³-hybridized carbons (Fsp3) is 0.125. The van der Waals surface area contributed by atoms with Crippen LogP contribution in [-0.4, -0.2) is 30.6 Å². The van der Waals surface area contributed by atoms with Crippen LogP contribution >= 0.6 is 11.3 Å². The Kier molecular flexibility index (Phi) is 5.43. The van der Waals surface area contributed by atoms with Crippen molar-refractivity contribution in [1.29, 1.82) is 0 Å². The number of hydrogen-bond acceptors (Lipinski definition) is 6. The summed E-state index contributed by atoms with van der Waals surface area (Å²) in [7, 11) is 0. The molecule has 8 heteroatoms. The first-order valence-corrected chi connectivity index (χ1v) is 11.2. The van der Waals surface area contributed by atoms with Crippen LogP contribution in [0.4, 0.5) is 0 Å². The van der Waals surface area contributed by atoms with Gasteiger partial charge in [0, 0.05) is 35.4 Å². The van der Waals surface area contributed by atoms with Gasteiger partial charge in [-0.05, 0) is 25.1 Å². The second kappa shape index (κ2) is 8.68. The molecule has 158 valence electrons. The van der Waals surface area contributed by atoms with Gasteiger partial charge in [-0.15, -0.1) is 11.3 Å². The van der Waals surface area contributed by atoms with Crippen molar-refractivity contribution in [3.05, 3.63) is 83.1 Å². The minimum absolute atomic E-state index is 0.175. The molecule has 1 N–H and O–H groups in total. The number of pyridine rings is 2. The smallest absolute Gasteiger partial charge is 0.252 e. The molecule has 1 aromatic carbocycles. The van der Waals surface area contributed by atoms with Gasteiger partial charge in [-0.2, -0.15) is 5.10 Å². The Morgan fingerprint density at radius 1 is 1.03 bits per heavy atom. The second-order valence-corrected chi connectivity index (χ2v) is 8.11. The lowest BCUT2D eigenvalue weighted by Crippen LogP contribution is -2.23. The van der Waals surface area contributed by atoms with Crippen molar-refractivity contribution in [1.82, 2.24) is 30.0 Å².